The molecule has 1 aliphatic rings. The maximum absolute atomic E-state index is 12.6. The highest BCUT2D eigenvalue weighted by Crippen LogP contribution is 2.27. The van der Waals surface area contributed by atoms with Crippen LogP contribution in [-0.2, 0) is 4.79 Å². The summed E-state index contributed by atoms with van der Waals surface area (Å²) in [6.07, 6.45) is 4.76. The standard InChI is InChI=1S/C21H24ClN3O3/c22-18-11-4-3-10-17(18)19(25-21(23)27)13-20(26)24-14-6-5-9-16(12-14)28-15-7-1-2-8-15/h3-6,9-12,15,19H,1-2,7-8,13H2,(H,24,26)(H3,23,25,27)/t19-/m1/s1. The van der Waals surface area contributed by atoms with Crippen molar-refractivity contribution in [2.45, 2.75) is 44.2 Å². The van der Waals surface area contributed by atoms with E-state index in [1.165, 1.54) is 12.8 Å². The Labute approximate surface area is 169 Å². The molecule has 0 aliphatic heterocycles. The van der Waals surface area contributed by atoms with Gasteiger partial charge in [-0.25, -0.2) is 4.79 Å². The van der Waals surface area contributed by atoms with Gasteiger partial charge in [0, 0.05) is 16.8 Å². The zero-order valence-corrected chi connectivity index (χ0v) is 16.2. The van der Waals surface area contributed by atoms with Crippen LogP contribution in [0.25, 0.3) is 0 Å². The Balaban J connectivity index is 1.65. The molecule has 1 fully saturated rings. The highest BCUT2D eigenvalue weighted by Gasteiger charge is 2.20. The minimum atomic E-state index is -0.718. The molecule has 0 aromatic heterocycles. The number of primary amides is 1. The summed E-state index contributed by atoms with van der Waals surface area (Å²) < 4.78 is 5.97. The zero-order chi connectivity index (χ0) is 19.9. The Hall–Kier alpha value is -2.73. The van der Waals surface area contributed by atoms with Crippen molar-refractivity contribution in [2.75, 3.05) is 5.32 Å². The second kappa shape index (κ2) is 9.46. The number of benzene rings is 2. The van der Waals surface area contributed by atoms with Gasteiger partial charge in [-0.3, -0.25) is 4.79 Å². The Kier molecular flexibility index (Phi) is 6.76. The van der Waals surface area contributed by atoms with E-state index in [0.29, 0.717) is 16.3 Å². The second-order valence-electron chi connectivity index (χ2n) is 6.89. The molecule has 4 N–H and O–H groups in total. The van der Waals surface area contributed by atoms with E-state index in [-0.39, 0.29) is 18.4 Å². The van der Waals surface area contributed by atoms with Gasteiger partial charge < -0.3 is 21.1 Å². The minimum Gasteiger partial charge on any atom is -0.490 e. The molecule has 28 heavy (non-hydrogen) atoms. The number of hydrogen-bond donors (Lipinski definition) is 3. The summed E-state index contributed by atoms with van der Waals surface area (Å²) in [4.78, 5) is 23.9. The quantitative estimate of drug-likeness (QED) is 0.641. The largest absolute Gasteiger partial charge is 0.490 e. The van der Waals surface area contributed by atoms with Gasteiger partial charge >= 0.3 is 6.03 Å². The Morgan fingerprint density at radius 3 is 2.61 bits per heavy atom. The van der Waals surface area contributed by atoms with E-state index >= 15 is 0 Å². The smallest absolute Gasteiger partial charge is 0.312 e. The van der Waals surface area contributed by atoms with Crippen molar-refractivity contribution in [2.24, 2.45) is 5.73 Å². The van der Waals surface area contributed by atoms with Crippen LogP contribution in [0.15, 0.2) is 48.5 Å². The van der Waals surface area contributed by atoms with Gasteiger partial charge in [-0.1, -0.05) is 35.9 Å². The van der Waals surface area contributed by atoms with Gasteiger partial charge in [0.05, 0.1) is 18.6 Å². The fourth-order valence-electron chi connectivity index (χ4n) is 3.41. The molecule has 2 aromatic rings. The molecule has 0 unspecified atom stereocenters. The SMILES string of the molecule is NC(=O)N[C@H](CC(=O)Nc1cccc(OC2CCCC2)c1)c1ccccc1Cl. The third-order valence-corrected chi connectivity index (χ3v) is 5.05. The van der Waals surface area contributed by atoms with Crippen LogP contribution >= 0.6 is 11.6 Å². The van der Waals surface area contributed by atoms with Crippen molar-refractivity contribution in [3.8, 4) is 5.75 Å². The van der Waals surface area contributed by atoms with Crippen molar-refractivity contribution in [3.63, 3.8) is 0 Å². The summed E-state index contributed by atoms with van der Waals surface area (Å²) in [7, 11) is 0. The third kappa shape index (κ3) is 5.63. The Morgan fingerprint density at radius 1 is 1.14 bits per heavy atom. The Morgan fingerprint density at radius 2 is 1.89 bits per heavy atom. The van der Waals surface area contributed by atoms with E-state index in [1.54, 1.807) is 30.3 Å². The average Bonchev–Trinajstić information content (AvgIpc) is 3.14. The van der Waals surface area contributed by atoms with Crippen molar-refractivity contribution < 1.29 is 14.3 Å². The van der Waals surface area contributed by atoms with Crippen molar-refractivity contribution in [3.05, 3.63) is 59.1 Å². The van der Waals surface area contributed by atoms with Gasteiger partial charge in [-0.2, -0.15) is 0 Å². The van der Waals surface area contributed by atoms with Gasteiger partial charge in [-0.15, -0.1) is 0 Å². The van der Waals surface area contributed by atoms with Gasteiger partial charge in [0.2, 0.25) is 5.91 Å². The predicted octanol–water partition coefficient (Wildman–Crippen LogP) is 4.40. The predicted molar refractivity (Wildman–Crippen MR) is 109 cm³/mol. The van der Waals surface area contributed by atoms with E-state index < -0.39 is 12.1 Å². The first-order chi connectivity index (χ1) is 13.5. The van der Waals surface area contributed by atoms with Crippen LogP contribution < -0.4 is 21.1 Å². The molecule has 1 saturated carbocycles. The zero-order valence-electron chi connectivity index (χ0n) is 15.5. The van der Waals surface area contributed by atoms with Crippen LogP contribution in [-0.4, -0.2) is 18.0 Å². The van der Waals surface area contributed by atoms with E-state index in [9.17, 15) is 9.59 Å². The molecule has 0 spiro atoms. The number of carbonyl (C=O) groups excluding carboxylic acids is 2. The number of urea groups is 1. The first-order valence-electron chi connectivity index (χ1n) is 9.38. The molecule has 0 saturated heterocycles. The molecule has 1 aliphatic carbocycles. The summed E-state index contributed by atoms with van der Waals surface area (Å²) in [6, 6.07) is 13.0. The van der Waals surface area contributed by atoms with E-state index in [0.717, 1.165) is 18.6 Å². The summed E-state index contributed by atoms with van der Waals surface area (Å²) in [5.74, 6) is 0.472. The number of halogens is 1. The molecule has 0 heterocycles. The molecule has 3 amide bonds. The summed E-state index contributed by atoms with van der Waals surface area (Å²) in [5, 5.41) is 5.89. The molecular weight excluding hydrogens is 378 g/mol. The Bertz CT molecular complexity index is 837. The number of carbonyl (C=O) groups is 2. The molecule has 0 bridgehead atoms. The van der Waals surface area contributed by atoms with Gasteiger partial charge in [0.1, 0.15) is 5.75 Å². The molecule has 3 rings (SSSR count). The lowest BCUT2D eigenvalue weighted by atomic mass is 10.0. The average molecular weight is 402 g/mol. The molecular formula is C21H24ClN3O3. The van der Waals surface area contributed by atoms with Crippen molar-refractivity contribution in [1.29, 1.82) is 0 Å². The summed E-state index contributed by atoms with van der Waals surface area (Å²) in [6.45, 7) is 0. The lowest BCUT2D eigenvalue weighted by Crippen LogP contribution is -2.35. The molecule has 6 nitrogen and oxygen atoms in total. The fourth-order valence-corrected chi connectivity index (χ4v) is 3.68. The van der Waals surface area contributed by atoms with Crippen molar-refractivity contribution in [1.82, 2.24) is 5.32 Å². The molecule has 2 aromatic carbocycles. The molecule has 0 radical (unpaired) electrons. The lowest BCUT2D eigenvalue weighted by Gasteiger charge is -2.19. The lowest BCUT2D eigenvalue weighted by molar-refractivity contribution is -0.116. The highest BCUT2D eigenvalue weighted by molar-refractivity contribution is 6.31. The topological polar surface area (TPSA) is 93.5 Å². The summed E-state index contributed by atoms with van der Waals surface area (Å²) in [5.41, 5.74) is 6.54. The monoisotopic (exact) mass is 401 g/mol. The third-order valence-electron chi connectivity index (χ3n) is 4.71. The number of nitrogens with two attached hydrogens (primary N) is 1. The van der Waals surface area contributed by atoms with Gasteiger partial charge in [0.15, 0.2) is 0 Å². The van der Waals surface area contributed by atoms with Crippen LogP contribution in [0, 0.1) is 0 Å². The van der Waals surface area contributed by atoms with E-state index in [4.69, 9.17) is 22.1 Å². The van der Waals surface area contributed by atoms with Crippen LogP contribution in [0.4, 0.5) is 10.5 Å². The number of hydrogen-bond acceptors (Lipinski definition) is 3. The number of ether oxygens (including phenoxy) is 1. The highest BCUT2D eigenvalue weighted by atomic mass is 35.5. The van der Waals surface area contributed by atoms with Crippen LogP contribution in [0.5, 0.6) is 5.75 Å². The molecule has 7 heteroatoms. The molecule has 1 atom stereocenters. The van der Waals surface area contributed by atoms with Crippen LogP contribution in [0.2, 0.25) is 5.02 Å². The van der Waals surface area contributed by atoms with E-state index in [2.05, 4.69) is 10.6 Å². The second-order valence-corrected chi connectivity index (χ2v) is 7.29. The van der Waals surface area contributed by atoms with Crippen LogP contribution in [0.1, 0.15) is 43.7 Å². The van der Waals surface area contributed by atoms with Crippen LogP contribution in [0.3, 0.4) is 0 Å². The molecule has 148 valence electrons. The fraction of sp³-hybridized carbons (Fsp3) is 0.333. The number of nitrogens with one attached hydrogen (secondary N) is 2. The summed E-state index contributed by atoms with van der Waals surface area (Å²) >= 11 is 6.21. The number of anilines is 1. The van der Waals surface area contributed by atoms with Crippen molar-refractivity contribution >= 4 is 29.2 Å². The maximum atomic E-state index is 12.6. The van der Waals surface area contributed by atoms with E-state index in [1.807, 2.05) is 18.2 Å². The number of amides is 3. The minimum absolute atomic E-state index is 0.000380. The first-order valence-corrected chi connectivity index (χ1v) is 9.76. The first kappa shape index (κ1) is 20.0. The van der Waals surface area contributed by atoms with Gasteiger partial charge in [-0.05, 0) is 49.4 Å². The van der Waals surface area contributed by atoms with Gasteiger partial charge in [0.25, 0.3) is 0 Å². The normalized spacial score (nSPS) is 15.0. The number of rotatable bonds is 7. The maximum Gasteiger partial charge on any atom is 0.312 e.